The molecule has 1 rings (SSSR count). The zero-order valence-electron chi connectivity index (χ0n) is 10.0. The minimum Gasteiger partial charge on any atom is -0.459 e. The third-order valence-electron chi connectivity index (χ3n) is 1.79. The van der Waals surface area contributed by atoms with Gasteiger partial charge in [0.25, 0.3) is 0 Å². The topological polar surface area (TPSA) is 38.3 Å². The molecular weight excluding hydrogens is 305 g/mol. The summed E-state index contributed by atoms with van der Waals surface area (Å²) in [6, 6.07) is 5.41. The highest BCUT2D eigenvalue weighted by Gasteiger charge is 2.16. The summed E-state index contributed by atoms with van der Waals surface area (Å²) in [4.78, 5) is 11.5. The van der Waals surface area contributed by atoms with Crippen LogP contribution >= 0.6 is 27.5 Å². The second-order valence-corrected chi connectivity index (χ2v) is 5.74. The minimum atomic E-state index is -0.468. The fraction of sp³-hybridized carbons (Fsp3) is 0.417. The molecule has 1 N–H and O–H groups in total. The van der Waals surface area contributed by atoms with E-state index < -0.39 is 5.60 Å². The van der Waals surface area contributed by atoms with Crippen molar-refractivity contribution in [2.24, 2.45) is 0 Å². The molecule has 0 fully saturated rings. The third-order valence-corrected chi connectivity index (χ3v) is 3.19. The summed E-state index contributed by atoms with van der Waals surface area (Å²) >= 11 is 9.28. The first kappa shape index (κ1) is 14.3. The van der Waals surface area contributed by atoms with Gasteiger partial charge in [-0.05, 0) is 48.8 Å². The second kappa shape index (κ2) is 5.74. The van der Waals surface area contributed by atoms with Gasteiger partial charge >= 0.3 is 5.97 Å². The molecule has 0 unspecified atom stereocenters. The smallest absolute Gasteiger partial charge is 0.325 e. The molecule has 0 amide bonds. The van der Waals surface area contributed by atoms with Crippen molar-refractivity contribution in [1.29, 1.82) is 0 Å². The van der Waals surface area contributed by atoms with Crippen LogP contribution in [0.4, 0.5) is 5.69 Å². The van der Waals surface area contributed by atoms with Crippen molar-refractivity contribution in [1.82, 2.24) is 0 Å². The Kier molecular flexibility index (Phi) is 4.83. The maximum atomic E-state index is 11.5. The van der Waals surface area contributed by atoms with Crippen LogP contribution in [0.25, 0.3) is 0 Å². The molecule has 17 heavy (non-hydrogen) atoms. The van der Waals surface area contributed by atoms with E-state index in [1.807, 2.05) is 32.9 Å². The van der Waals surface area contributed by atoms with Crippen LogP contribution in [0.3, 0.4) is 0 Å². The molecule has 0 aliphatic heterocycles. The number of rotatable bonds is 3. The zero-order valence-corrected chi connectivity index (χ0v) is 12.4. The van der Waals surface area contributed by atoms with Crippen molar-refractivity contribution in [3.05, 3.63) is 27.7 Å². The van der Waals surface area contributed by atoms with Crippen LogP contribution in [-0.4, -0.2) is 18.1 Å². The van der Waals surface area contributed by atoms with Crippen LogP contribution in [0.15, 0.2) is 22.7 Å². The van der Waals surface area contributed by atoms with Crippen molar-refractivity contribution in [2.75, 3.05) is 11.9 Å². The first-order chi connectivity index (χ1) is 7.79. The van der Waals surface area contributed by atoms with Gasteiger partial charge in [0.1, 0.15) is 12.1 Å². The predicted octanol–water partition coefficient (Wildman–Crippen LogP) is 3.86. The molecule has 0 radical (unpaired) electrons. The Morgan fingerprint density at radius 2 is 2.12 bits per heavy atom. The second-order valence-electron chi connectivity index (χ2n) is 4.54. The summed E-state index contributed by atoms with van der Waals surface area (Å²) in [5, 5.41) is 3.57. The van der Waals surface area contributed by atoms with Crippen LogP contribution < -0.4 is 5.32 Å². The molecule has 0 atom stereocenters. The maximum Gasteiger partial charge on any atom is 0.325 e. The van der Waals surface area contributed by atoms with E-state index in [4.69, 9.17) is 16.3 Å². The monoisotopic (exact) mass is 319 g/mol. The molecule has 0 aliphatic rings. The summed E-state index contributed by atoms with van der Waals surface area (Å²) in [5.41, 5.74) is 0.299. The molecule has 0 bridgehead atoms. The Morgan fingerprint density at radius 1 is 1.47 bits per heavy atom. The number of carbonyl (C=O) groups is 1. The lowest BCUT2D eigenvalue weighted by Gasteiger charge is -2.20. The molecule has 0 aliphatic carbocycles. The van der Waals surface area contributed by atoms with E-state index in [1.165, 1.54) is 0 Å². The molecular formula is C12H15BrClNO2. The summed E-state index contributed by atoms with van der Waals surface area (Å²) < 4.78 is 5.92. The average molecular weight is 321 g/mol. The van der Waals surface area contributed by atoms with Gasteiger partial charge in [0.15, 0.2) is 0 Å². The molecule has 0 spiro atoms. The highest BCUT2D eigenvalue weighted by Crippen LogP contribution is 2.29. The standard InChI is InChI=1S/C12H15BrClNO2/c1-12(2,3)17-10(16)7-15-9-6-4-5-8(14)11(9)13/h4-6,15H,7H2,1-3H3. The number of hydrogen-bond donors (Lipinski definition) is 1. The molecule has 5 heteroatoms. The Bertz CT molecular complexity index is 415. The van der Waals surface area contributed by atoms with Crippen molar-refractivity contribution in [3.63, 3.8) is 0 Å². The van der Waals surface area contributed by atoms with Gasteiger partial charge < -0.3 is 10.1 Å². The van der Waals surface area contributed by atoms with Gasteiger partial charge in [-0.2, -0.15) is 0 Å². The summed E-state index contributed by atoms with van der Waals surface area (Å²) in [7, 11) is 0. The zero-order chi connectivity index (χ0) is 13.1. The molecule has 1 aromatic rings. The van der Waals surface area contributed by atoms with E-state index in [9.17, 15) is 4.79 Å². The SMILES string of the molecule is CC(C)(C)OC(=O)CNc1cccc(Cl)c1Br. The number of hydrogen-bond acceptors (Lipinski definition) is 3. The molecule has 0 saturated heterocycles. The van der Waals surface area contributed by atoms with E-state index in [0.717, 1.165) is 10.2 Å². The van der Waals surface area contributed by atoms with Gasteiger partial charge in [-0.25, -0.2) is 0 Å². The summed E-state index contributed by atoms with van der Waals surface area (Å²) in [6.45, 7) is 5.61. The molecule has 0 aromatic heterocycles. The van der Waals surface area contributed by atoms with E-state index in [0.29, 0.717) is 5.02 Å². The van der Waals surface area contributed by atoms with E-state index in [1.54, 1.807) is 6.07 Å². The van der Waals surface area contributed by atoms with Crippen molar-refractivity contribution < 1.29 is 9.53 Å². The quantitative estimate of drug-likeness (QED) is 0.860. The lowest BCUT2D eigenvalue weighted by atomic mass is 10.2. The molecule has 3 nitrogen and oxygen atoms in total. The highest BCUT2D eigenvalue weighted by molar-refractivity contribution is 9.10. The highest BCUT2D eigenvalue weighted by atomic mass is 79.9. The van der Waals surface area contributed by atoms with Crippen molar-refractivity contribution in [2.45, 2.75) is 26.4 Å². The number of ether oxygens (including phenoxy) is 1. The Balaban J connectivity index is 2.56. The van der Waals surface area contributed by atoms with Crippen molar-refractivity contribution >= 4 is 39.2 Å². The van der Waals surface area contributed by atoms with Gasteiger partial charge in [0, 0.05) is 0 Å². The fourth-order valence-electron chi connectivity index (χ4n) is 1.19. The van der Waals surface area contributed by atoms with Gasteiger partial charge in [0.2, 0.25) is 0 Å². The number of benzene rings is 1. The van der Waals surface area contributed by atoms with Gasteiger partial charge in [-0.3, -0.25) is 4.79 Å². The molecule has 1 aromatic carbocycles. The van der Waals surface area contributed by atoms with Crippen LogP contribution in [0.5, 0.6) is 0 Å². The Hall–Kier alpha value is -0.740. The number of nitrogens with one attached hydrogen (secondary N) is 1. The van der Waals surface area contributed by atoms with Crippen LogP contribution in [0.1, 0.15) is 20.8 Å². The maximum absolute atomic E-state index is 11.5. The summed E-state index contributed by atoms with van der Waals surface area (Å²) in [6.07, 6.45) is 0. The predicted molar refractivity (Wildman–Crippen MR) is 73.5 cm³/mol. The van der Waals surface area contributed by atoms with Gasteiger partial charge in [-0.15, -0.1) is 0 Å². The Labute approximate surface area is 115 Å². The number of esters is 1. The molecule has 0 heterocycles. The van der Waals surface area contributed by atoms with Crippen LogP contribution in [0.2, 0.25) is 5.02 Å². The fourth-order valence-corrected chi connectivity index (χ4v) is 1.76. The number of anilines is 1. The first-order valence-electron chi connectivity index (χ1n) is 5.19. The lowest BCUT2D eigenvalue weighted by Crippen LogP contribution is -2.28. The first-order valence-corrected chi connectivity index (χ1v) is 6.36. The molecule has 94 valence electrons. The van der Waals surface area contributed by atoms with E-state index in [2.05, 4.69) is 21.2 Å². The Morgan fingerprint density at radius 3 is 2.71 bits per heavy atom. The average Bonchev–Trinajstić information content (AvgIpc) is 2.18. The normalized spacial score (nSPS) is 11.1. The third kappa shape index (κ3) is 4.96. The lowest BCUT2D eigenvalue weighted by molar-refractivity contribution is -0.152. The minimum absolute atomic E-state index is 0.107. The van der Waals surface area contributed by atoms with Crippen molar-refractivity contribution in [3.8, 4) is 0 Å². The van der Waals surface area contributed by atoms with Gasteiger partial charge in [0.05, 0.1) is 15.2 Å². The number of halogens is 2. The van der Waals surface area contributed by atoms with Gasteiger partial charge in [-0.1, -0.05) is 17.7 Å². The van der Waals surface area contributed by atoms with Crippen LogP contribution in [0, 0.1) is 0 Å². The molecule has 0 saturated carbocycles. The van der Waals surface area contributed by atoms with E-state index in [-0.39, 0.29) is 12.5 Å². The van der Waals surface area contributed by atoms with E-state index >= 15 is 0 Å². The van der Waals surface area contributed by atoms with Crippen LogP contribution in [-0.2, 0) is 9.53 Å². The number of carbonyl (C=O) groups excluding carboxylic acids is 1. The largest absolute Gasteiger partial charge is 0.459 e. The summed E-state index contributed by atoms with van der Waals surface area (Å²) in [5.74, 6) is -0.302.